The fourth-order valence-electron chi connectivity index (χ4n) is 2.80. The quantitative estimate of drug-likeness (QED) is 0.777. The van der Waals surface area contributed by atoms with E-state index < -0.39 is 11.7 Å². The molecule has 1 saturated carbocycles. The van der Waals surface area contributed by atoms with Gasteiger partial charge in [-0.05, 0) is 30.5 Å². The van der Waals surface area contributed by atoms with E-state index in [2.05, 4.69) is 5.32 Å². The molecule has 86 valence electrons. The standard InChI is InChI=1S/C12H12F3N/c13-12(14,15)9-3-1-2-8(4-9)11-5-10(11)6-16-7-11/h1-4,10,16H,5-7H2. The van der Waals surface area contributed by atoms with Crippen LogP contribution >= 0.6 is 0 Å². The second-order valence-electron chi connectivity index (χ2n) is 4.77. The van der Waals surface area contributed by atoms with Crippen molar-refractivity contribution in [1.29, 1.82) is 0 Å². The minimum Gasteiger partial charge on any atom is -0.316 e. The lowest BCUT2D eigenvalue weighted by Crippen LogP contribution is -2.19. The Morgan fingerprint density at radius 2 is 2.12 bits per heavy atom. The zero-order valence-electron chi connectivity index (χ0n) is 8.64. The van der Waals surface area contributed by atoms with Crippen LogP contribution < -0.4 is 5.32 Å². The molecule has 1 saturated heterocycles. The Bertz CT molecular complexity index is 427. The minimum atomic E-state index is -4.23. The van der Waals surface area contributed by atoms with Gasteiger partial charge in [-0.3, -0.25) is 0 Å². The first-order valence-electron chi connectivity index (χ1n) is 5.41. The molecule has 1 heterocycles. The highest BCUT2D eigenvalue weighted by molar-refractivity contribution is 5.39. The number of hydrogen-bond donors (Lipinski definition) is 1. The van der Waals surface area contributed by atoms with Crippen LogP contribution in [0.2, 0.25) is 0 Å². The van der Waals surface area contributed by atoms with E-state index in [0.717, 1.165) is 31.1 Å². The number of rotatable bonds is 1. The maximum atomic E-state index is 12.6. The number of hydrogen-bond acceptors (Lipinski definition) is 1. The third-order valence-electron chi connectivity index (χ3n) is 3.83. The second-order valence-corrected chi connectivity index (χ2v) is 4.77. The highest BCUT2D eigenvalue weighted by Crippen LogP contribution is 2.56. The summed E-state index contributed by atoms with van der Waals surface area (Å²) < 4.78 is 37.7. The average molecular weight is 227 g/mol. The lowest BCUT2D eigenvalue weighted by Gasteiger charge is -2.14. The number of halogens is 3. The van der Waals surface area contributed by atoms with E-state index in [9.17, 15) is 13.2 Å². The van der Waals surface area contributed by atoms with E-state index in [-0.39, 0.29) is 5.41 Å². The van der Waals surface area contributed by atoms with Gasteiger partial charge in [0.25, 0.3) is 0 Å². The van der Waals surface area contributed by atoms with Crippen molar-refractivity contribution in [2.45, 2.75) is 18.0 Å². The van der Waals surface area contributed by atoms with Crippen LogP contribution in [0.3, 0.4) is 0 Å². The Morgan fingerprint density at radius 1 is 1.31 bits per heavy atom. The van der Waals surface area contributed by atoms with Crippen molar-refractivity contribution in [2.75, 3.05) is 13.1 Å². The Kier molecular flexibility index (Phi) is 1.90. The van der Waals surface area contributed by atoms with Gasteiger partial charge >= 0.3 is 6.18 Å². The minimum absolute atomic E-state index is 0.00125. The Labute approximate surface area is 91.7 Å². The van der Waals surface area contributed by atoms with Gasteiger partial charge in [0.15, 0.2) is 0 Å². The Morgan fingerprint density at radius 3 is 2.69 bits per heavy atom. The summed E-state index contributed by atoms with van der Waals surface area (Å²) in [5.41, 5.74) is 0.315. The molecule has 1 nitrogen and oxygen atoms in total. The third kappa shape index (κ3) is 1.36. The molecule has 0 spiro atoms. The summed E-state index contributed by atoms with van der Waals surface area (Å²) in [4.78, 5) is 0. The first kappa shape index (κ1) is 10.1. The van der Waals surface area contributed by atoms with Crippen molar-refractivity contribution in [1.82, 2.24) is 5.32 Å². The highest BCUT2D eigenvalue weighted by atomic mass is 19.4. The summed E-state index contributed by atoms with van der Waals surface area (Å²) in [6, 6.07) is 5.79. The maximum Gasteiger partial charge on any atom is 0.416 e. The van der Waals surface area contributed by atoms with Crippen molar-refractivity contribution < 1.29 is 13.2 Å². The van der Waals surface area contributed by atoms with Crippen molar-refractivity contribution >= 4 is 0 Å². The topological polar surface area (TPSA) is 12.0 Å². The summed E-state index contributed by atoms with van der Waals surface area (Å²) in [7, 11) is 0. The summed E-state index contributed by atoms with van der Waals surface area (Å²) in [5, 5.41) is 3.24. The van der Waals surface area contributed by atoms with Gasteiger partial charge in [-0.2, -0.15) is 13.2 Å². The maximum absolute atomic E-state index is 12.6. The third-order valence-corrected chi connectivity index (χ3v) is 3.83. The smallest absolute Gasteiger partial charge is 0.316 e. The van der Waals surface area contributed by atoms with E-state index in [4.69, 9.17) is 0 Å². The average Bonchev–Trinajstić information content (AvgIpc) is 2.81. The lowest BCUT2D eigenvalue weighted by molar-refractivity contribution is -0.137. The van der Waals surface area contributed by atoms with Crippen LogP contribution in [0.1, 0.15) is 17.5 Å². The molecule has 1 aromatic carbocycles. The van der Waals surface area contributed by atoms with Crippen LogP contribution in [0.15, 0.2) is 24.3 Å². The van der Waals surface area contributed by atoms with E-state index in [1.165, 1.54) is 12.1 Å². The van der Waals surface area contributed by atoms with Crippen molar-refractivity contribution in [3.05, 3.63) is 35.4 Å². The predicted molar refractivity (Wildman–Crippen MR) is 54.1 cm³/mol. The number of benzene rings is 1. The SMILES string of the molecule is FC(F)(F)c1cccc(C23CNCC2C3)c1. The van der Waals surface area contributed by atoms with Crippen molar-refractivity contribution in [3.63, 3.8) is 0 Å². The van der Waals surface area contributed by atoms with E-state index in [1.807, 2.05) is 6.07 Å². The summed E-state index contributed by atoms with van der Waals surface area (Å²) in [5.74, 6) is 0.538. The number of fused-ring (bicyclic) bond motifs is 1. The molecule has 2 atom stereocenters. The summed E-state index contributed by atoms with van der Waals surface area (Å²) in [6.07, 6.45) is -3.20. The van der Waals surface area contributed by atoms with Crippen LogP contribution in [0, 0.1) is 5.92 Å². The molecule has 16 heavy (non-hydrogen) atoms. The summed E-state index contributed by atoms with van der Waals surface area (Å²) >= 11 is 0. The number of piperidine rings is 1. The normalized spacial score (nSPS) is 32.6. The van der Waals surface area contributed by atoms with Gasteiger partial charge < -0.3 is 5.32 Å². The Hall–Kier alpha value is -1.03. The molecule has 0 bridgehead atoms. The number of alkyl halides is 3. The molecular formula is C12H12F3N. The predicted octanol–water partition coefficient (Wildman–Crippen LogP) is 2.57. The molecule has 2 aliphatic rings. The van der Waals surface area contributed by atoms with Crippen molar-refractivity contribution in [2.24, 2.45) is 5.92 Å². The van der Waals surface area contributed by atoms with Gasteiger partial charge in [0, 0.05) is 12.0 Å². The van der Waals surface area contributed by atoms with Crippen LogP contribution in [-0.2, 0) is 11.6 Å². The molecule has 4 heteroatoms. The molecule has 0 aromatic heterocycles. The van der Waals surface area contributed by atoms with Crippen LogP contribution in [-0.4, -0.2) is 13.1 Å². The Balaban J connectivity index is 1.98. The van der Waals surface area contributed by atoms with Gasteiger partial charge in [0.05, 0.1) is 5.56 Å². The van der Waals surface area contributed by atoms with E-state index in [0.29, 0.717) is 5.92 Å². The molecule has 0 radical (unpaired) electrons. The van der Waals surface area contributed by atoms with Gasteiger partial charge in [0.2, 0.25) is 0 Å². The largest absolute Gasteiger partial charge is 0.416 e. The fraction of sp³-hybridized carbons (Fsp3) is 0.500. The van der Waals surface area contributed by atoms with Gasteiger partial charge in [0.1, 0.15) is 0 Å². The number of nitrogens with one attached hydrogen (secondary N) is 1. The zero-order valence-corrected chi connectivity index (χ0v) is 8.64. The molecule has 2 unspecified atom stereocenters. The van der Waals surface area contributed by atoms with Crippen LogP contribution in [0.5, 0.6) is 0 Å². The molecule has 3 rings (SSSR count). The molecule has 2 fully saturated rings. The van der Waals surface area contributed by atoms with Crippen molar-refractivity contribution in [3.8, 4) is 0 Å². The molecular weight excluding hydrogens is 215 g/mol. The molecule has 1 aliphatic carbocycles. The highest BCUT2D eigenvalue weighted by Gasteiger charge is 2.58. The van der Waals surface area contributed by atoms with E-state index in [1.54, 1.807) is 0 Å². The van der Waals surface area contributed by atoms with E-state index >= 15 is 0 Å². The van der Waals surface area contributed by atoms with Gasteiger partial charge in [-0.1, -0.05) is 18.2 Å². The lowest BCUT2D eigenvalue weighted by atomic mass is 9.93. The molecule has 0 amide bonds. The zero-order chi connectivity index (χ0) is 11.4. The summed E-state index contributed by atoms with van der Waals surface area (Å²) in [6.45, 7) is 1.76. The van der Waals surface area contributed by atoms with Crippen LogP contribution in [0.25, 0.3) is 0 Å². The molecule has 1 aliphatic heterocycles. The monoisotopic (exact) mass is 227 g/mol. The van der Waals surface area contributed by atoms with Crippen LogP contribution in [0.4, 0.5) is 13.2 Å². The first-order valence-corrected chi connectivity index (χ1v) is 5.41. The van der Waals surface area contributed by atoms with Gasteiger partial charge in [-0.15, -0.1) is 0 Å². The fourth-order valence-corrected chi connectivity index (χ4v) is 2.80. The second kappa shape index (κ2) is 3.00. The first-order chi connectivity index (χ1) is 7.52. The molecule has 1 aromatic rings. The molecule has 1 N–H and O–H groups in total. The van der Waals surface area contributed by atoms with Gasteiger partial charge in [-0.25, -0.2) is 0 Å².